The van der Waals surface area contributed by atoms with Crippen LogP contribution in [0.15, 0.2) is 29.3 Å². The highest BCUT2D eigenvalue weighted by Crippen LogP contribution is 2.31. The zero-order valence-electron chi connectivity index (χ0n) is 15.8. The van der Waals surface area contributed by atoms with E-state index in [1.807, 2.05) is 7.05 Å². The minimum atomic E-state index is 0. The van der Waals surface area contributed by atoms with Gasteiger partial charge in [-0.3, -0.25) is 4.99 Å². The highest BCUT2D eigenvalue weighted by molar-refractivity contribution is 14.0. The number of nitrogens with one attached hydrogen (secondary N) is 2. The van der Waals surface area contributed by atoms with Crippen molar-refractivity contribution < 1.29 is 0 Å². The lowest BCUT2D eigenvalue weighted by atomic mass is 10.0. The largest absolute Gasteiger partial charge is 0.356 e. The Hall–Kier alpha value is -0.820. The summed E-state index contributed by atoms with van der Waals surface area (Å²) in [5, 5.41) is 7.00. The van der Waals surface area contributed by atoms with E-state index in [4.69, 9.17) is 0 Å². The molecular formula is C20H33IN4. The predicted molar refractivity (Wildman–Crippen MR) is 117 cm³/mol. The van der Waals surface area contributed by atoms with Crippen LogP contribution in [-0.4, -0.2) is 50.1 Å². The van der Waals surface area contributed by atoms with E-state index in [0.29, 0.717) is 5.92 Å². The minimum absolute atomic E-state index is 0. The third-order valence-electron chi connectivity index (χ3n) is 5.38. The van der Waals surface area contributed by atoms with E-state index < -0.39 is 0 Å². The van der Waals surface area contributed by atoms with E-state index in [0.717, 1.165) is 31.0 Å². The molecule has 25 heavy (non-hydrogen) atoms. The molecule has 2 atom stereocenters. The van der Waals surface area contributed by atoms with Crippen molar-refractivity contribution in [1.82, 2.24) is 15.5 Å². The lowest BCUT2D eigenvalue weighted by Crippen LogP contribution is -2.41. The second-order valence-corrected chi connectivity index (χ2v) is 7.53. The van der Waals surface area contributed by atoms with Crippen LogP contribution in [0.3, 0.4) is 0 Å². The summed E-state index contributed by atoms with van der Waals surface area (Å²) in [6.07, 6.45) is 4.15. The van der Waals surface area contributed by atoms with Gasteiger partial charge in [0.25, 0.3) is 0 Å². The van der Waals surface area contributed by atoms with Gasteiger partial charge in [0.2, 0.25) is 0 Å². The topological polar surface area (TPSA) is 39.7 Å². The molecule has 2 N–H and O–H groups in total. The van der Waals surface area contributed by atoms with Crippen LogP contribution in [0.1, 0.15) is 43.2 Å². The number of nitrogens with zero attached hydrogens (tertiary/aromatic N) is 2. The fraction of sp³-hybridized carbons (Fsp3) is 0.650. The molecule has 0 aromatic heterocycles. The second kappa shape index (κ2) is 9.76. The third-order valence-corrected chi connectivity index (χ3v) is 5.38. The van der Waals surface area contributed by atoms with E-state index in [1.54, 1.807) is 0 Å². The summed E-state index contributed by atoms with van der Waals surface area (Å²) in [7, 11) is 1.86. The van der Waals surface area contributed by atoms with Crippen molar-refractivity contribution in [2.45, 2.75) is 45.1 Å². The number of likely N-dealkylation sites (tertiary alicyclic amines) is 1. The Morgan fingerprint density at radius 2 is 1.92 bits per heavy atom. The molecule has 1 saturated heterocycles. The summed E-state index contributed by atoms with van der Waals surface area (Å²) in [5.74, 6) is 2.17. The molecule has 1 aromatic rings. The molecule has 0 bridgehead atoms. The lowest BCUT2D eigenvalue weighted by Gasteiger charge is -2.19. The quantitative estimate of drug-likeness (QED) is 0.392. The van der Waals surface area contributed by atoms with Crippen LogP contribution < -0.4 is 10.6 Å². The fourth-order valence-corrected chi connectivity index (χ4v) is 3.52. The molecule has 0 amide bonds. The standard InChI is InChI=1S/C20H32N4.HI/c1-15-4-6-18(7-5-15)16(2)12-22-20(21-3)23-13-17-10-11-24(14-17)19-8-9-19;/h4-7,16-17,19H,8-14H2,1-3H3,(H2,21,22,23);1H. The number of aryl methyl sites for hydroxylation is 1. The zero-order chi connectivity index (χ0) is 16.9. The molecule has 2 aliphatic rings. The maximum atomic E-state index is 4.38. The maximum absolute atomic E-state index is 4.38. The second-order valence-electron chi connectivity index (χ2n) is 7.53. The summed E-state index contributed by atoms with van der Waals surface area (Å²) in [4.78, 5) is 7.04. The smallest absolute Gasteiger partial charge is 0.191 e. The van der Waals surface area contributed by atoms with Crippen molar-refractivity contribution in [3.8, 4) is 0 Å². The number of hydrogen-bond acceptors (Lipinski definition) is 2. The van der Waals surface area contributed by atoms with E-state index in [1.165, 1.54) is 43.5 Å². The first-order chi connectivity index (χ1) is 11.7. The van der Waals surface area contributed by atoms with Crippen molar-refractivity contribution in [3.05, 3.63) is 35.4 Å². The van der Waals surface area contributed by atoms with Crippen LogP contribution in [0.25, 0.3) is 0 Å². The van der Waals surface area contributed by atoms with Crippen LogP contribution >= 0.6 is 24.0 Å². The summed E-state index contributed by atoms with van der Waals surface area (Å²) in [5.41, 5.74) is 2.69. The van der Waals surface area contributed by atoms with Gasteiger partial charge in [-0.1, -0.05) is 36.8 Å². The molecule has 140 valence electrons. The summed E-state index contributed by atoms with van der Waals surface area (Å²) >= 11 is 0. The average molecular weight is 456 g/mol. The normalized spacial score (nSPS) is 22.4. The molecule has 3 rings (SSSR count). The van der Waals surface area contributed by atoms with Crippen LogP contribution in [0.2, 0.25) is 0 Å². The first kappa shape index (κ1) is 20.5. The number of hydrogen-bond donors (Lipinski definition) is 2. The molecule has 2 fully saturated rings. The molecule has 1 aromatic carbocycles. The molecule has 1 aliphatic heterocycles. The Labute approximate surface area is 169 Å². The molecule has 1 aliphatic carbocycles. The van der Waals surface area contributed by atoms with Gasteiger partial charge < -0.3 is 15.5 Å². The van der Waals surface area contributed by atoms with Gasteiger partial charge in [0.15, 0.2) is 5.96 Å². The van der Waals surface area contributed by atoms with Gasteiger partial charge in [-0.15, -0.1) is 24.0 Å². The number of rotatable bonds is 6. The summed E-state index contributed by atoms with van der Waals surface area (Å²) in [6, 6.07) is 9.73. The number of halogens is 1. The van der Waals surface area contributed by atoms with Crippen molar-refractivity contribution in [3.63, 3.8) is 0 Å². The van der Waals surface area contributed by atoms with Gasteiger partial charge in [-0.25, -0.2) is 0 Å². The molecular weight excluding hydrogens is 423 g/mol. The van der Waals surface area contributed by atoms with Gasteiger partial charge in [0.05, 0.1) is 0 Å². The molecule has 2 unspecified atom stereocenters. The molecule has 0 spiro atoms. The fourth-order valence-electron chi connectivity index (χ4n) is 3.52. The van der Waals surface area contributed by atoms with Gasteiger partial charge in [-0.2, -0.15) is 0 Å². The highest BCUT2D eigenvalue weighted by atomic mass is 127. The van der Waals surface area contributed by atoms with Gasteiger partial charge in [-0.05, 0) is 50.1 Å². The first-order valence-corrected chi connectivity index (χ1v) is 9.41. The Kier molecular flexibility index (Phi) is 8.00. The van der Waals surface area contributed by atoms with Gasteiger partial charge >= 0.3 is 0 Å². The Morgan fingerprint density at radius 1 is 1.20 bits per heavy atom. The number of aliphatic imine (C=N–C) groups is 1. The van der Waals surface area contributed by atoms with Crippen molar-refractivity contribution in [2.75, 3.05) is 33.2 Å². The molecule has 4 nitrogen and oxygen atoms in total. The van der Waals surface area contributed by atoms with Crippen molar-refractivity contribution in [2.24, 2.45) is 10.9 Å². The van der Waals surface area contributed by atoms with Crippen molar-refractivity contribution >= 4 is 29.9 Å². The van der Waals surface area contributed by atoms with E-state index in [9.17, 15) is 0 Å². The van der Waals surface area contributed by atoms with E-state index in [2.05, 4.69) is 58.6 Å². The van der Waals surface area contributed by atoms with Crippen LogP contribution in [0.5, 0.6) is 0 Å². The van der Waals surface area contributed by atoms with Gasteiger partial charge in [0, 0.05) is 32.7 Å². The Morgan fingerprint density at radius 3 is 2.56 bits per heavy atom. The zero-order valence-corrected chi connectivity index (χ0v) is 18.1. The number of guanidine groups is 1. The molecule has 1 heterocycles. The monoisotopic (exact) mass is 456 g/mol. The molecule has 0 radical (unpaired) electrons. The molecule has 5 heteroatoms. The summed E-state index contributed by atoms with van der Waals surface area (Å²) in [6.45, 7) is 8.87. The van der Waals surface area contributed by atoms with Gasteiger partial charge in [0.1, 0.15) is 0 Å². The Balaban J connectivity index is 0.00000225. The Bertz CT molecular complexity index is 553. The van der Waals surface area contributed by atoms with E-state index in [-0.39, 0.29) is 24.0 Å². The van der Waals surface area contributed by atoms with Crippen molar-refractivity contribution in [1.29, 1.82) is 0 Å². The summed E-state index contributed by atoms with van der Waals surface area (Å²) < 4.78 is 0. The number of benzene rings is 1. The minimum Gasteiger partial charge on any atom is -0.356 e. The van der Waals surface area contributed by atoms with Crippen LogP contribution in [0, 0.1) is 12.8 Å². The van der Waals surface area contributed by atoms with Crippen LogP contribution in [0.4, 0.5) is 0 Å². The highest BCUT2D eigenvalue weighted by Gasteiger charge is 2.34. The third kappa shape index (κ3) is 6.13. The lowest BCUT2D eigenvalue weighted by molar-refractivity contribution is 0.314. The first-order valence-electron chi connectivity index (χ1n) is 9.41. The average Bonchev–Trinajstić information content (AvgIpc) is 3.34. The molecule has 1 saturated carbocycles. The SMILES string of the molecule is CN=C(NCC1CCN(C2CC2)C1)NCC(C)c1ccc(C)cc1.I. The van der Waals surface area contributed by atoms with E-state index >= 15 is 0 Å². The predicted octanol–water partition coefficient (Wildman–Crippen LogP) is 3.37. The maximum Gasteiger partial charge on any atom is 0.191 e. The van der Waals surface area contributed by atoms with Crippen LogP contribution in [-0.2, 0) is 0 Å².